The average molecular weight is 544 g/mol. The summed E-state index contributed by atoms with van der Waals surface area (Å²) in [6, 6.07) is 19.0. The molecule has 0 heterocycles. The quantitative estimate of drug-likeness (QED) is 0.193. The van der Waals surface area contributed by atoms with Crippen molar-refractivity contribution in [3.05, 3.63) is 71.3 Å². The van der Waals surface area contributed by atoms with Crippen LogP contribution in [0.1, 0.15) is 71.6 Å². The number of esters is 2. The summed E-state index contributed by atoms with van der Waals surface area (Å²) < 4.78 is 17.3. The Morgan fingerprint density at radius 3 is 1.76 bits per heavy atom. The molecule has 0 N–H and O–H groups in total. The van der Waals surface area contributed by atoms with E-state index in [1.165, 1.54) is 11.1 Å². The molecule has 2 rings (SSSR count). The zero-order chi connectivity index (χ0) is 28.6. The first-order chi connectivity index (χ1) is 17.6. The van der Waals surface area contributed by atoms with E-state index in [9.17, 15) is 9.59 Å². The fourth-order valence-corrected chi connectivity index (χ4v) is 6.26. The molecule has 0 radical (unpaired) electrons. The molecule has 0 saturated carbocycles. The van der Waals surface area contributed by atoms with Crippen molar-refractivity contribution >= 4 is 19.2 Å². The van der Waals surface area contributed by atoms with Gasteiger partial charge in [0.25, 0.3) is 0 Å². The second-order valence-electron chi connectivity index (χ2n) is 12.9. The van der Waals surface area contributed by atoms with Crippen molar-refractivity contribution in [2.24, 2.45) is 10.8 Å². The highest BCUT2D eigenvalue weighted by molar-refractivity contribution is 7.72. The average Bonchev–Trinajstić information content (AvgIpc) is 2.85. The Morgan fingerprint density at radius 2 is 1.24 bits per heavy atom. The highest BCUT2D eigenvalue weighted by Gasteiger charge is 2.40. The topological polar surface area (TPSA) is 61.8 Å². The molecule has 0 fully saturated rings. The number of rotatable bonds is 13. The van der Waals surface area contributed by atoms with Crippen LogP contribution in [-0.4, -0.2) is 44.1 Å². The number of carbonyl (C=O) groups excluding carboxylic acids is 2. The molecular formula is C32H48O5P+. The summed E-state index contributed by atoms with van der Waals surface area (Å²) >= 11 is 0. The summed E-state index contributed by atoms with van der Waals surface area (Å²) in [7, 11) is -1.15. The van der Waals surface area contributed by atoms with Gasteiger partial charge in [-0.15, -0.1) is 0 Å². The summed E-state index contributed by atoms with van der Waals surface area (Å²) in [5.41, 5.74) is 1.43. The molecule has 0 aliphatic heterocycles. The molecule has 0 aliphatic carbocycles. The molecule has 38 heavy (non-hydrogen) atoms. The van der Waals surface area contributed by atoms with Gasteiger partial charge in [0.1, 0.15) is 18.6 Å². The zero-order valence-corrected chi connectivity index (χ0v) is 25.8. The fraction of sp³-hybridized carbons (Fsp3) is 0.562. The molecule has 210 valence electrons. The lowest BCUT2D eigenvalue weighted by atomic mass is 9.91. The Hall–Kier alpha value is -2.23. The Labute approximate surface area is 231 Å². The van der Waals surface area contributed by atoms with E-state index in [2.05, 4.69) is 55.8 Å². The second kappa shape index (κ2) is 13.2. The number of hydrogen-bond acceptors (Lipinski definition) is 5. The third-order valence-corrected chi connectivity index (χ3v) is 9.16. The van der Waals surface area contributed by atoms with Gasteiger partial charge in [-0.1, -0.05) is 61.5 Å². The smallest absolute Gasteiger partial charge is 0.317 e. The zero-order valence-electron chi connectivity index (χ0n) is 24.9. The van der Waals surface area contributed by atoms with Crippen molar-refractivity contribution < 1.29 is 23.8 Å². The Balaban J connectivity index is 2.02. The molecular weight excluding hydrogens is 495 g/mol. The maximum atomic E-state index is 13.2. The van der Waals surface area contributed by atoms with E-state index in [1.807, 2.05) is 32.9 Å². The summed E-state index contributed by atoms with van der Waals surface area (Å²) in [6.45, 7) is 18.0. The van der Waals surface area contributed by atoms with Crippen LogP contribution >= 0.6 is 7.26 Å². The van der Waals surface area contributed by atoms with E-state index in [1.54, 1.807) is 27.7 Å². The molecule has 6 heteroatoms. The number of hydrogen-bond donors (Lipinski definition) is 0. The van der Waals surface area contributed by atoms with Gasteiger partial charge in [0.05, 0.1) is 29.9 Å². The summed E-state index contributed by atoms with van der Waals surface area (Å²) in [5.74, 6) is -0.801. The van der Waals surface area contributed by atoms with Crippen LogP contribution in [0.4, 0.5) is 0 Å². The van der Waals surface area contributed by atoms with Crippen molar-refractivity contribution in [2.75, 3.05) is 26.5 Å². The Bertz CT molecular complexity index is 1040. The lowest BCUT2D eigenvalue weighted by molar-refractivity contribution is -0.175. The summed E-state index contributed by atoms with van der Waals surface area (Å²) in [6.07, 6.45) is 2.96. The first kappa shape index (κ1) is 32.0. The van der Waals surface area contributed by atoms with Gasteiger partial charge in [-0.25, -0.2) is 0 Å². The minimum Gasteiger partial charge on any atom is -0.464 e. The first-order valence-electron chi connectivity index (χ1n) is 13.5. The van der Waals surface area contributed by atoms with Crippen LogP contribution in [0.25, 0.3) is 0 Å². The summed E-state index contributed by atoms with van der Waals surface area (Å²) in [4.78, 5) is 25.6. The van der Waals surface area contributed by atoms with E-state index in [0.717, 1.165) is 24.3 Å². The van der Waals surface area contributed by atoms with Gasteiger partial charge < -0.3 is 14.2 Å². The lowest BCUT2D eigenvalue weighted by Crippen LogP contribution is -2.43. The standard InChI is InChI=1S/C32H48O5P/c1-10-31(5,6)37-24-32(7,23-36-28(33)30(2,3)4)29(34)35-20-25-16-18-27(19-17-25)22-38(8,9)21-26-14-12-11-13-15-26/h11-19H,10,20-24H2,1-9H3/q+1. The highest BCUT2D eigenvalue weighted by atomic mass is 31.2. The largest absolute Gasteiger partial charge is 0.464 e. The Kier molecular flexibility index (Phi) is 11.1. The van der Waals surface area contributed by atoms with E-state index in [0.29, 0.717) is 0 Å². The van der Waals surface area contributed by atoms with Gasteiger partial charge >= 0.3 is 11.9 Å². The van der Waals surface area contributed by atoms with E-state index < -0.39 is 29.7 Å². The maximum absolute atomic E-state index is 13.2. The van der Waals surface area contributed by atoms with Crippen LogP contribution in [0.15, 0.2) is 54.6 Å². The SMILES string of the molecule is CCC(C)(C)OCC(C)(COC(=O)C(C)(C)C)C(=O)OCc1ccc(C[P+](C)(C)Cc2ccccc2)cc1. The monoisotopic (exact) mass is 543 g/mol. The van der Waals surface area contributed by atoms with E-state index in [-0.39, 0.29) is 25.8 Å². The van der Waals surface area contributed by atoms with Crippen LogP contribution < -0.4 is 0 Å². The predicted octanol–water partition coefficient (Wildman–Crippen LogP) is 7.51. The maximum Gasteiger partial charge on any atom is 0.317 e. The molecule has 2 aromatic rings. The third kappa shape index (κ3) is 10.5. The van der Waals surface area contributed by atoms with Crippen molar-refractivity contribution in [1.29, 1.82) is 0 Å². The molecule has 5 nitrogen and oxygen atoms in total. The molecule has 0 aliphatic rings. The normalized spacial score (nSPS) is 14.0. The van der Waals surface area contributed by atoms with Crippen LogP contribution in [0.5, 0.6) is 0 Å². The van der Waals surface area contributed by atoms with Crippen molar-refractivity contribution in [2.45, 2.75) is 79.4 Å². The number of ether oxygens (including phenoxy) is 3. The minimum atomic E-state index is -1.15. The van der Waals surface area contributed by atoms with Gasteiger partial charge in [0, 0.05) is 20.6 Å². The van der Waals surface area contributed by atoms with E-state index >= 15 is 0 Å². The van der Waals surface area contributed by atoms with Gasteiger partial charge in [-0.05, 0) is 64.7 Å². The third-order valence-electron chi connectivity index (χ3n) is 6.72. The number of carbonyl (C=O) groups is 2. The van der Waals surface area contributed by atoms with Gasteiger partial charge in [-0.2, -0.15) is 0 Å². The molecule has 0 aromatic heterocycles. The molecule has 2 aromatic carbocycles. The molecule has 0 amide bonds. The van der Waals surface area contributed by atoms with Crippen LogP contribution in [0.3, 0.4) is 0 Å². The molecule has 0 spiro atoms. The van der Waals surface area contributed by atoms with Crippen LogP contribution in [-0.2, 0) is 42.7 Å². The second-order valence-corrected chi connectivity index (χ2v) is 17.4. The first-order valence-corrected chi connectivity index (χ1v) is 16.5. The molecule has 0 saturated heterocycles. The highest BCUT2D eigenvalue weighted by Crippen LogP contribution is 2.57. The lowest BCUT2D eigenvalue weighted by Gasteiger charge is -2.32. The minimum absolute atomic E-state index is 0.0964. The van der Waals surface area contributed by atoms with Crippen LogP contribution in [0.2, 0.25) is 0 Å². The van der Waals surface area contributed by atoms with Crippen LogP contribution in [0, 0.1) is 10.8 Å². The Morgan fingerprint density at radius 1 is 0.711 bits per heavy atom. The van der Waals surface area contributed by atoms with Gasteiger partial charge in [-0.3, -0.25) is 9.59 Å². The molecule has 1 atom stereocenters. The van der Waals surface area contributed by atoms with Gasteiger partial charge in [0.2, 0.25) is 0 Å². The van der Waals surface area contributed by atoms with E-state index in [4.69, 9.17) is 14.2 Å². The molecule has 1 unspecified atom stereocenters. The predicted molar refractivity (Wildman–Crippen MR) is 158 cm³/mol. The van der Waals surface area contributed by atoms with Crippen molar-refractivity contribution in [1.82, 2.24) is 0 Å². The number of benzene rings is 2. The van der Waals surface area contributed by atoms with Crippen molar-refractivity contribution in [3.8, 4) is 0 Å². The fourth-order valence-electron chi connectivity index (χ4n) is 3.75. The summed E-state index contributed by atoms with van der Waals surface area (Å²) in [5, 5.41) is 0. The van der Waals surface area contributed by atoms with Gasteiger partial charge in [0.15, 0.2) is 0 Å². The molecule has 0 bridgehead atoms. The van der Waals surface area contributed by atoms with Crippen molar-refractivity contribution in [3.63, 3.8) is 0 Å².